The SMILES string of the molecule is C[C@@H](N)CCCN(c1cc(Cl)ccc1Cl)S(=O)(=O)c1ccc(Cl)cc1. The molecule has 25 heavy (non-hydrogen) atoms. The van der Waals surface area contributed by atoms with Gasteiger partial charge in [-0.1, -0.05) is 34.8 Å². The summed E-state index contributed by atoms with van der Waals surface area (Å²) in [7, 11) is -3.82. The molecule has 0 heterocycles. The number of rotatable bonds is 7. The molecule has 2 aromatic rings. The number of benzene rings is 2. The van der Waals surface area contributed by atoms with Crippen LogP contribution in [0.25, 0.3) is 0 Å². The maximum Gasteiger partial charge on any atom is 0.264 e. The number of nitrogens with zero attached hydrogens (tertiary/aromatic N) is 1. The van der Waals surface area contributed by atoms with Crippen LogP contribution < -0.4 is 10.0 Å². The molecule has 0 saturated carbocycles. The van der Waals surface area contributed by atoms with E-state index in [9.17, 15) is 8.42 Å². The van der Waals surface area contributed by atoms with Crippen LogP contribution in [0.3, 0.4) is 0 Å². The number of hydrogen-bond donors (Lipinski definition) is 1. The smallest absolute Gasteiger partial charge is 0.264 e. The zero-order valence-corrected chi connectivity index (χ0v) is 16.7. The summed E-state index contributed by atoms with van der Waals surface area (Å²) in [4.78, 5) is 0.133. The molecule has 1 atom stereocenters. The molecule has 0 aromatic heterocycles. The molecule has 4 nitrogen and oxygen atoms in total. The highest BCUT2D eigenvalue weighted by molar-refractivity contribution is 7.92. The zero-order chi connectivity index (χ0) is 18.6. The molecule has 2 rings (SSSR count). The Bertz CT molecular complexity index is 824. The van der Waals surface area contributed by atoms with Crippen LogP contribution in [0.1, 0.15) is 19.8 Å². The lowest BCUT2D eigenvalue weighted by atomic mass is 10.2. The van der Waals surface area contributed by atoms with Crippen LogP contribution >= 0.6 is 34.8 Å². The Morgan fingerprint density at radius 1 is 1.04 bits per heavy atom. The van der Waals surface area contributed by atoms with Crippen molar-refractivity contribution in [2.45, 2.75) is 30.7 Å². The molecule has 0 spiro atoms. The van der Waals surface area contributed by atoms with E-state index in [1.807, 2.05) is 6.92 Å². The van der Waals surface area contributed by atoms with Crippen LogP contribution in [0.2, 0.25) is 15.1 Å². The predicted molar refractivity (Wildman–Crippen MR) is 105 cm³/mol. The van der Waals surface area contributed by atoms with E-state index in [0.717, 1.165) is 0 Å². The molecule has 0 aliphatic heterocycles. The molecule has 0 unspecified atom stereocenters. The largest absolute Gasteiger partial charge is 0.328 e. The fraction of sp³-hybridized carbons (Fsp3) is 0.294. The van der Waals surface area contributed by atoms with Crippen LogP contribution in [0.4, 0.5) is 5.69 Å². The Labute approximate surface area is 163 Å². The van der Waals surface area contributed by atoms with Crippen LogP contribution in [-0.4, -0.2) is 21.0 Å². The van der Waals surface area contributed by atoms with Gasteiger partial charge in [-0.25, -0.2) is 8.42 Å². The van der Waals surface area contributed by atoms with Crippen molar-refractivity contribution in [3.63, 3.8) is 0 Å². The van der Waals surface area contributed by atoms with E-state index in [0.29, 0.717) is 33.6 Å². The normalized spacial score (nSPS) is 12.8. The first-order valence-electron chi connectivity index (χ1n) is 7.71. The molecule has 0 aliphatic carbocycles. The number of anilines is 1. The van der Waals surface area contributed by atoms with Gasteiger partial charge in [0.25, 0.3) is 10.0 Å². The maximum atomic E-state index is 13.1. The van der Waals surface area contributed by atoms with Crippen LogP contribution in [0.15, 0.2) is 47.4 Å². The lowest BCUT2D eigenvalue weighted by Crippen LogP contribution is -2.33. The molecule has 0 saturated heterocycles. The van der Waals surface area contributed by atoms with Gasteiger partial charge in [0.05, 0.1) is 15.6 Å². The summed E-state index contributed by atoms with van der Waals surface area (Å²) in [6, 6.07) is 10.7. The van der Waals surface area contributed by atoms with Gasteiger partial charge in [0.1, 0.15) is 0 Å². The number of halogens is 3. The van der Waals surface area contributed by atoms with Crippen LogP contribution in [0.5, 0.6) is 0 Å². The van der Waals surface area contributed by atoms with Gasteiger partial charge < -0.3 is 5.73 Å². The third-order valence-electron chi connectivity index (χ3n) is 3.60. The summed E-state index contributed by atoms with van der Waals surface area (Å²) < 4.78 is 27.5. The Hall–Kier alpha value is -0.980. The average molecular weight is 422 g/mol. The second-order valence-electron chi connectivity index (χ2n) is 5.75. The fourth-order valence-corrected chi connectivity index (χ4v) is 4.41. The van der Waals surface area contributed by atoms with Gasteiger partial charge in [-0.05, 0) is 62.2 Å². The first-order valence-corrected chi connectivity index (χ1v) is 10.3. The summed E-state index contributed by atoms with van der Waals surface area (Å²) in [6.45, 7) is 2.12. The molecule has 0 radical (unpaired) electrons. The molecular formula is C17H19Cl3N2O2S. The molecular weight excluding hydrogens is 403 g/mol. The zero-order valence-electron chi connectivity index (χ0n) is 13.6. The highest BCUT2D eigenvalue weighted by Gasteiger charge is 2.26. The van der Waals surface area contributed by atoms with Gasteiger partial charge in [0.15, 0.2) is 0 Å². The van der Waals surface area contributed by atoms with E-state index >= 15 is 0 Å². The Morgan fingerprint density at radius 2 is 1.64 bits per heavy atom. The first-order chi connectivity index (χ1) is 11.7. The summed E-state index contributed by atoms with van der Waals surface area (Å²) >= 11 is 18.1. The third-order valence-corrected chi connectivity index (χ3v) is 6.23. The Kier molecular flexibility index (Phi) is 7.00. The summed E-state index contributed by atoms with van der Waals surface area (Å²) in [5.41, 5.74) is 6.12. The van der Waals surface area contributed by atoms with Crippen molar-refractivity contribution in [3.05, 3.63) is 57.5 Å². The van der Waals surface area contributed by atoms with Crippen LogP contribution in [-0.2, 0) is 10.0 Å². The number of sulfonamides is 1. The highest BCUT2D eigenvalue weighted by atomic mass is 35.5. The molecule has 2 N–H and O–H groups in total. The molecule has 0 amide bonds. The van der Waals surface area contributed by atoms with Crippen molar-refractivity contribution in [1.29, 1.82) is 0 Å². The predicted octanol–water partition coefficient (Wildman–Crippen LogP) is 4.97. The van der Waals surface area contributed by atoms with Crippen molar-refractivity contribution in [1.82, 2.24) is 0 Å². The molecule has 2 aromatic carbocycles. The summed E-state index contributed by atoms with van der Waals surface area (Å²) in [5.74, 6) is 0. The van der Waals surface area contributed by atoms with Gasteiger partial charge in [0, 0.05) is 22.6 Å². The van der Waals surface area contributed by atoms with Crippen molar-refractivity contribution in [3.8, 4) is 0 Å². The van der Waals surface area contributed by atoms with E-state index in [2.05, 4.69) is 0 Å². The van der Waals surface area contributed by atoms with Crippen molar-refractivity contribution >= 4 is 50.5 Å². The lowest BCUT2D eigenvalue weighted by molar-refractivity contribution is 0.581. The molecule has 0 bridgehead atoms. The number of nitrogens with two attached hydrogens (primary N) is 1. The molecule has 0 aliphatic rings. The van der Waals surface area contributed by atoms with Crippen LogP contribution in [0, 0.1) is 0 Å². The molecule has 0 fully saturated rings. The summed E-state index contributed by atoms with van der Waals surface area (Å²) in [6.07, 6.45) is 1.28. The van der Waals surface area contributed by atoms with Crippen molar-refractivity contribution in [2.75, 3.05) is 10.8 Å². The van der Waals surface area contributed by atoms with Gasteiger partial charge in [-0.15, -0.1) is 0 Å². The fourth-order valence-electron chi connectivity index (χ4n) is 2.34. The van der Waals surface area contributed by atoms with E-state index in [1.165, 1.54) is 28.6 Å². The average Bonchev–Trinajstić information content (AvgIpc) is 2.54. The topological polar surface area (TPSA) is 63.4 Å². The molecule has 136 valence electrons. The van der Waals surface area contributed by atoms with E-state index in [1.54, 1.807) is 18.2 Å². The second-order valence-corrected chi connectivity index (χ2v) is 8.89. The standard InChI is InChI=1S/C17H19Cl3N2O2S/c1-12(21)3-2-10-22(17-11-14(19)6-9-16(17)20)25(23,24)15-7-4-13(18)5-8-15/h4-9,11-12H,2-3,10,21H2,1H3/t12-/m1/s1. The summed E-state index contributed by atoms with van der Waals surface area (Å²) in [5, 5.41) is 1.17. The minimum absolute atomic E-state index is 0.0186. The first kappa shape index (κ1) is 20.3. The monoisotopic (exact) mass is 420 g/mol. The quantitative estimate of drug-likeness (QED) is 0.686. The van der Waals surface area contributed by atoms with Gasteiger partial charge in [-0.2, -0.15) is 0 Å². The second kappa shape index (κ2) is 8.60. The minimum atomic E-state index is -3.82. The molecule has 8 heteroatoms. The van der Waals surface area contributed by atoms with Gasteiger partial charge in [0.2, 0.25) is 0 Å². The minimum Gasteiger partial charge on any atom is -0.328 e. The van der Waals surface area contributed by atoms with E-state index in [4.69, 9.17) is 40.5 Å². The Balaban J connectivity index is 2.46. The van der Waals surface area contributed by atoms with Gasteiger partial charge in [-0.3, -0.25) is 4.31 Å². The lowest BCUT2D eigenvalue weighted by Gasteiger charge is -2.26. The maximum absolute atomic E-state index is 13.1. The van der Waals surface area contributed by atoms with E-state index < -0.39 is 10.0 Å². The van der Waals surface area contributed by atoms with E-state index in [-0.39, 0.29) is 17.5 Å². The van der Waals surface area contributed by atoms with Crippen molar-refractivity contribution in [2.24, 2.45) is 5.73 Å². The third kappa shape index (κ3) is 5.25. The van der Waals surface area contributed by atoms with Crippen molar-refractivity contribution < 1.29 is 8.42 Å². The number of hydrogen-bond acceptors (Lipinski definition) is 3. The Morgan fingerprint density at radius 3 is 2.24 bits per heavy atom. The van der Waals surface area contributed by atoms with Gasteiger partial charge >= 0.3 is 0 Å². The highest BCUT2D eigenvalue weighted by Crippen LogP contribution is 2.33.